The molecule has 11 heteroatoms. The smallest absolute Gasteiger partial charge is 0.350 e. The van der Waals surface area contributed by atoms with Gasteiger partial charge in [-0.05, 0) is 24.3 Å². The van der Waals surface area contributed by atoms with Gasteiger partial charge in [-0.15, -0.1) is 35.3 Å². The maximum Gasteiger partial charge on any atom is 0.434 e. The van der Waals surface area contributed by atoms with Gasteiger partial charge in [-0.1, -0.05) is 0 Å². The largest absolute Gasteiger partial charge is 0.434 e. The first-order valence-corrected chi connectivity index (χ1v) is 9.18. The number of nitrogens with one attached hydrogen (secondary N) is 1. The number of nitrogens with zero attached hydrogens (tertiary/aromatic N) is 5. The fourth-order valence-corrected chi connectivity index (χ4v) is 3.85. The van der Waals surface area contributed by atoms with Crippen LogP contribution in [-0.4, -0.2) is 45.8 Å². The first kappa shape index (κ1) is 21.9. The Labute approximate surface area is 176 Å². The number of guanidine groups is 1. The van der Waals surface area contributed by atoms with Crippen LogP contribution in [0.2, 0.25) is 0 Å². The number of aromatic nitrogens is 3. The molecule has 27 heavy (non-hydrogen) atoms. The van der Waals surface area contributed by atoms with Crippen molar-refractivity contribution in [1.82, 2.24) is 25.0 Å². The molecule has 1 aliphatic heterocycles. The first-order chi connectivity index (χ1) is 12.3. The van der Waals surface area contributed by atoms with Crippen LogP contribution in [0.25, 0.3) is 0 Å². The van der Waals surface area contributed by atoms with Crippen LogP contribution in [0.4, 0.5) is 13.2 Å². The number of hydrogen-bond acceptors (Lipinski definition) is 4. The molecular formula is C16H22F3IN6S. The maximum absolute atomic E-state index is 12.6. The molecule has 1 unspecified atom stereocenters. The SMILES string of the molecule is CN=C(NCc1nc(C(F)(F)F)cs1)N1CCC(Cc2cnn(C)c2)C1.I. The Kier molecular flexibility index (Phi) is 7.48. The van der Waals surface area contributed by atoms with Gasteiger partial charge >= 0.3 is 6.18 Å². The standard InChI is InChI=1S/C16H21F3N6S.HI/c1-20-15(21-7-14-23-13(10-26-14)16(17,18)19)25-4-3-11(9-25)5-12-6-22-24(2)8-12;/h6,8,10-11H,3-5,7,9H2,1-2H3,(H,20,21);1H. The number of likely N-dealkylation sites (tertiary alicyclic amines) is 1. The minimum absolute atomic E-state index is 0. The van der Waals surface area contributed by atoms with E-state index in [4.69, 9.17) is 0 Å². The van der Waals surface area contributed by atoms with E-state index < -0.39 is 11.9 Å². The van der Waals surface area contributed by atoms with Gasteiger partial charge < -0.3 is 10.2 Å². The molecule has 0 amide bonds. The average Bonchev–Trinajstić information content (AvgIpc) is 3.29. The predicted molar refractivity (Wildman–Crippen MR) is 109 cm³/mol. The molecule has 1 aliphatic rings. The van der Waals surface area contributed by atoms with Crippen molar-refractivity contribution in [3.8, 4) is 0 Å². The van der Waals surface area contributed by atoms with Gasteiger partial charge in [-0.2, -0.15) is 18.3 Å². The highest BCUT2D eigenvalue weighted by Crippen LogP contribution is 2.30. The normalized spacial score (nSPS) is 17.9. The Balaban J connectivity index is 0.00000261. The van der Waals surface area contributed by atoms with E-state index >= 15 is 0 Å². The summed E-state index contributed by atoms with van der Waals surface area (Å²) >= 11 is 1.000. The van der Waals surface area contributed by atoms with Crippen molar-refractivity contribution in [1.29, 1.82) is 0 Å². The van der Waals surface area contributed by atoms with E-state index in [9.17, 15) is 13.2 Å². The maximum atomic E-state index is 12.6. The molecule has 1 fully saturated rings. The first-order valence-electron chi connectivity index (χ1n) is 8.30. The number of hydrogen-bond donors (Lipinski definition) is 1. The highest BCUT2D eigenvalue weighted by Gasteiger charge is 2.33. The van der Waals surface area contributed by atoms with E-state index in [0.717, 1.165) is 42.6 Å². The molecule has 0 aliphatic carbocycles. The lowest BCUT2D eigenvalue weighted by atomic mass is 10.0. The van der Waals surface area contributed by atoms with Gasteiger partial charge in [0.1, 0.15) is 5.01 Å². The molecule has 0 spiro atoms. The number of rotatable bonds is 4. The number of thiazole rings is 1. The van der Waals surface area contributed by atoms with E-state index in [-0.39, 0.29) is 30.5 Å². The van der Waals surface area contributed by atoms with E-state index in [1.165, 1.54) is 5.56 Å². The highest BCUT2D eigenvalue weighted by molar-refractivity contribution is 14.0. The van der Waals surface area contributed by atoms with Crippen molar-refractivity contribution in [3.05, 3.63) is 34.0 Å². The van der Waals surface area contributed by atoms with Crippen LogP contribution in [0.5, 0.6) is 0 Å². The Morgan fingerprint density at radius 3 is 2.81 bits per heavy atom. The van der Waals surface area contributed by atoms with Gasteiger partial charge in [0.05, 0.1) is 12.7 Å². The fraction of sp³-hybridized carbons (Fsp3) is 0.562. The number of aliphatic imine (C=N–C) groups is 1. The Bertz CT molecular complexity index is 772. The molecule has 2 aromatic rings. The van der Waals surface area contributed by atoms with Gasteiger partial charge in [-0.3, -0.25) is 9.67 Å². The van der Waals surface area contributed by atoms with Crippen molar-refractivity contribution in [2.45, 2.75) is 25.6 Å². The van der Waals surface area contributed by atoms with E-state index in [0.29, 0.717) is 16.9 Å². The summed E-state index contributed by atoms with van der Waals surface area (Å²) in [7, 11) is 3.58. The van der Waals surface area contributed by atoms with Gasteiger partial charge in [0.15, 0.2) is 11.7 Å². The minimum atomic E-state index is -4.40. The van der Waals surface area contributed by atoms with Gasteiger partial charge in [-0.25, -0.2) is 4.98 Å². The minimum Gasteiger partial charge on any atom is -0.350 e. The van der Waals surface area contributed by atoms with Crippen LogP contribution in [0.3, 0.4) is 0 Å². The Morgan fingerprint density at radius 1 is 1.44 bits per heavy atom. The highest BCUT2D eigenvalue weighted by atomic mass is 127. The second kappa shape index (κ2) is 9.22. The van der Waals surface area contributed by atoms with E-state index in [2.05, 4.69) is 25.3 Å². The lowest BCUT2D eigenvalue weighted by molar-refractivity contribution is -0.140. The zero-order chi connectivity index (χ0) is 18.7. The Morgan fingerprint density at radius 2 is 2.22 bits per heavy atom. The third-order valence-corrected chi connectivity index (χ3v) is 5.17. The van der Waals surface area contributed by atoms with E-state index in [1.807, 2.05) is 19.4 Å². The molecule has 0 bridgehead atoms. The van der Waals surface area contributed by atoms with Crippen molar-refractivity contribution < 1.29 is 13.2 Å². The van der Waals surface area contributed by atoms with Gasteiger partial charge in [0.2, 0.25) is 0 Å². The fourth-order valence-electron chi connectivity index (χ4n) is 3.11. The second-order valence-electron chi connectivity index (χ2n) is 6.35. The van der Waals surface area contributed by atoms with Crippen LogP contribution >= 0.6 is 35.3 Å². The third kappa shape index (κ3) is 5.80. The molecule has 3 rings (SSSR count). The third-order valence-electron chi connectivity index (χ3n) is 4.32. The number of alkyl halides is 3. The van der Waals surface area contributed by atoms with E-state index in [1.54, 1.807) is 11.7 Å². The number of halogens is 4. The molecule has 2 aromatic heterocycles. The van der Waals surface area contributed by atoms with Crippen molar-refractivity contribution in [2.24, 2.45) is 18.0 Å². The zero-order valence-electron chi connectivity index (χ0n) is 15.0. The van der Waals surface area contributed by atoms with Crippen LogP contribution < -0.4 is 5.32 Å². The Hall–Kier alpha value is -1.37. The monoisotopic (exact) mass is 514 g/mol. The topological polar surface area (TPSA) is 58.3 Å². The molecule has 1 saturated heterocycles. The zero-order valence-corrected chi connectivity index (χ0v) is 18.2. The predicted octanol–water partition coefficient (Wildman–Crippen LogP) is 3.15. The molecule has 1 atom stereocenters. The summed E-state index contributed by atoms with van der Waals surface area (Å²) in [5.74, 6) is 1.21. The summed E-state index contributed by atoms with van der Waals surface area (Å²) in [6, 6.07) is 0. The summed E-state index contributed by atoms with van der Waals surface area (Å²) in [6.45, 7) is 1.97. The molecule has 0 radical (unpaired) electrons. The molecular weight excluding hydrogens is 492 g/mol. The van der Waals surface area contributed by atoms with Crippen LogP contribution in [-0.2, 0) is 26.2 Å². The lowest BCUT2D eigenvalue weighted by Crippen LogP contribution is -2.39. The molecule has 6 nitrogen and oxygen atoms in total. The molecule has 0 aromatic carbocycles. The van der Waals surface area contributed by atoms with Crippen LogP contribution in [0.1, 0.15) is 22.7 Å². The molecule has 150 valence electrons. The summed E-state index contributed by atoms with van der Waals surface area (Å²) in [6.07, 6.45) is 1.52. The summed E-state index contributed by atoms with van der Waals surface area (Å²) in [5, 5.41) is 8.75. The molecule has 0 saturated carbocycles. The summed E-state index contributed by atoms with van der Waals surface area (Å²) < 4.78 is 39.7. The second-order valence-corrected chi connectivity index (χ2v) is 7.29. The van der Waals surface area contributed by atoms with Crippen LogP contribution in [0, 0.1) is 5.92 Å². The van der Waals surface area contributed by atoms with Crippen molar-refractivity contribution >= 4 is 41.3 Å². The molecule has 3 heterocycles. The summed E-state index contributed by atoms with van der Waals surface area (Å²) in [4.78, 5) is 10.0. The van der Waals surface area contributed by atoms with Crippen LogP contribution in [0.15, 0.2) is 22.8 Å². The lowest BCUT2D eigenvalue weighted by Gasteiger charge is -2.21. The average molecular weight is 514 g/mol. The molecule has 1 N–H and O–H groups in total. The quantitative estimate of drug-likeness (QED) is 0.387. The summed E-state index contributed by atoms with van der Waals surface area (Å²) in [5.41, 5.74) is 0.372. The van der Waals surface area contributed by atoms with Crippen molar-refractivity contribution in [3.63, 3.8) is 0 Å². The number of aryl methyl sites for hydroxylation is 1. The van der Waals surface area contributed by atoms with Gasteiger partial charge in [0, 0.05) is 38.8 Å². The van der Waals surface area contributed by atoms with Gasteiger partial charge in [0.25, 0.3) is 0 Å². The van der Waals surface area contributed by atoms with Crippen molar-refractivity contribution in [2.75, 3.05) is 20.1 Å².